The lowest BCUT2D eigenvalue weighted by molar-refractivity contribution is -0.0497. The van der Waals surface area contributed by atoms with Crippen molar-refractivity contribution in [1.82, 2.24) is 19.3 Å². The third-order valence-electron chi connectivity index (χ3n) is 5.52. The number of thioether (sulfide) groups is 1. The van der Waals surface area contributed by atoms with Gasteiger partial charge in [0.05, 0.1) is 10.8 Å². The molecule has 0 unspecified atom stereocenters. The average Bonchev–Trinajstić information content (AvgIpc) is 3.39. The van der Waals surface area contributed by atoms with Crippen molar-refractivity contribution in [2.75, 3.05) is 5.75 Å². The summed E-state index contributed by atoms with van der Waals surface area (Å²) in [5.74, 6) is 0.803. The van der Waals surface area contributed by atoms with E-state index in [0.29, 0.717) is 23.0 Å². The Morgan fingerprint density at radius 1 is 1.11 bits per heavy atom. The maximum Gasteiger partial charge on any atom is 0.387 e. The second-order valence-electron chi connectivity index (χ2n) is 7.74. The van der Waals surface area contributed by atoms with Gasteiger partial charge >= 0.3 is 6.61 Å². The topological polar surface area (TPSA) is 61.9 Å². The highest BCUT2D eigenvalue weighted by atomic mass is 35.5. The summed E-state index contributed by atoms with van der Waals surface area (Å²) < 4.78 is 33.3. The van der Waals surface area contributed by atoms with E-state index >= 15 is 0 Å². The van der Waals surface area contributed by atoms with Gasteiger partial charge in [-0.25, -0.2) is 0 Å². The molecule has 4 rings (SSSR count). The van der Waals surface area contributed by atoms with E-state index in [0.717, 1.165) is 22.8 Å². The van der Waals surface area contributed by atoms with Crippen LogP contribution in [0.4, 0.5) is 8.78 Å². The lowest BCUT2D eigenvalue weighted by atomic mass is 10.2. The van der Waals surface area contributed by atoms with Crippen molar-refractivity contribution in [3.05, 3.63) is 76.6 Å². The van der Waals surface area contributed by atoms with Crippen LogP contribution in [0.2, 0.25) is 5.02 Å². The van der Waals surface area contributed by atoms with E-state index in [2.05, 4.69) is 14.9 Å². The molecule has 0 spiro atoms. The van der Waals surface area contributed by atoms with Crippen molar-refractivity contribution in [3.63, 3.8) is 0 Å². The second kappa shape index (κ2) is 10.6. The van der Waals surface area contributed by atoms with E-state index in [4.69, 9.17) is 11.6 Å². The summed E-state index contributed by atoms with van der Waals surface area (Å²) in [6, 6.07) is 16.2. The van der Waals surface area contributed by atoms with Gasteiger partial charge in [0.1, 0.15) is 5.75 Å². The summed E-state index contributed by atoms with van der Waals surface area (Å²) in [7, 11) is 0. The molecule has 4 aromatic rings. The van der Waals surface area contributed by atoms with Crippen LogP contribution in [0.5, 0.6) is 5.75 Å². The highest BCUT2D eigenvalue weighted by Gasteiger charge is 2.20. The van der Waals surface area contributed by atoms with Crippen molar-refractivity contribution in [2.45, 2.75) is 39.1 Å². The van der Waals surface area contributed by atoms with E-state index in [1.165, 1.54) is 23.9 Å². The molecule has 0 N–H and O–H groups in total. The van der Waals surface area contributed by atoms with E-state index in [1.807, 2.05) is 66.3 Å². The van der Waals surface area contributed by atoms with E-state index in [9.17, 15) is 13.6 Å². The third-order valence-corrected chi connectivity index (χ3v) is 6.78. The van der Waals surface area contributed by atoms with Crippen molar-refractivity contribution < 1.29 is 18.3 Å². The number of aryl methyl sites for hydroxylation is 1. The molecule has 0 aliphatic carbocycles. The van der Waals surface area contributed by atoms with Crippen LogP contribution < -0.4 is 4.74 Å². The first-order chi connectivity index (χ1) is 16.8. The molecule has 0 radical (unpaired) electrons. The van der Waals surface area contributed by atoms with Crippen LogP contribution in [-0.4, -0.2) is 37.5 Å². The van der Waals surface area contributed by atoms with Gasteiger partial charge in [-0.05, 0) is 45.0 Å². The minimum atomic E-state index is -2.96. The largest absolute Gasteiger partial charge is 0.433 e. The van der Waals surface area contributed by atoms with Crippen LogP contribution in [-0.2, 0) is 6.54 Å². The van der Waals surface area contributed by atoms with Gasteiger partial charge in [-0.1, -0.05) is 53.7 Å². The second-order valence-corrected chi connectivity index (χ2v) is 9.09. The van der Waals surface area contributed by atoms with Gasteiger partial charge in [-0.2, -0.15) is 8.78 Å². The molecule has 2 aromatic carbocycles. The minimum absolute atomic E-state index is 0.0509. The van der Waals surface area contributed by atoms with E-state index in [1.54, 1.807) is 6.07 Å². The molecule has 2 heterocycles. The number of Topliss-reactive ketones (excluding diaryl/α,β-unsaturated/α-hetero) is 1. The fraction of sp³-hybridized carbons (Fsp3) is 0.240. The zero-order chi connectivity index (χ0) is 25.1. The molecule has 0 atom stereocenters. The zero-order valence-electron chi connectivity index (χ0n) is 19.3. The maximum atomic E-state index is 13.1. The standard InChI is InChI=1S/C25H23ClF2N4O2S/c1-4-31-23(17-8-6-5-7-9-17)29-30-25(31)35-14-21(33)19-12-15(2)32(16(19)3)18-10-11-22(20(26)13-18)34-24(27)28/h5-13,24H,4,14H2,1-3H3. The Labute approximate surface area is 210 Å². The number of ketones is 1. The number of benzene rings is 2. The Balaban J connectivity index is 1.54. The summed E-state index contributed by atoms with van der Waals surface area (Å²) in [5, 5.41) is 9.36. The fourth-order valence-electron chi connectivity index (χ4n) is 3.95. The Bertz CT molecular complexity index is 1360. The molecule has 0 amide bonds. The van der Waals surface area contributed by atoms with Gasteiger partial charge in [-0.3, -0.25) is 4.79 Å². The Morgan fingerprint density at radius 3 is 2.51 bits per heavy atom. The third kappa shape index (κ3) is 5.26. The number of ether oxygens (including phenoxy) is 1. The Kier molecular flexibility index (Phi) is 7.57. The van der Waals surface area contributed by atoms with Crippen LogP contribution in [0.1, 0.15) is 28.7 Å². The molecule has 35 heavy (non-hydrogen) atoms. The zero-order valence-corrected chi connectivity index (χ0v) is 20.9. The van der Waals surface area contributed by atoms with Gasteiger partial charge in [0.25, 0.3) is 0 Å². The van der Waals surface area contributed by atoms with Gasteiger partial charge in [-0.15, -0.1) is 10.2 Å². The number of hydrogen-bond donors (Lipinski definition) is 0. The van der Waals surface area contributed by atoms with Crippen LogP contribution in [0.15, 0.2) is 59.8 Å². The molecular weight excluding hydrogens is 494 g/mol. The first-order valence-corrected chi connectivity index (χ1v) is 12.2. The average molecular weight is 517 g/mol. The number of rotatable bonds is 9. The molecular formula is C25H23ClF2N4O2S. The number of aromatic nitrogens is 4. The van der Waals surface area contributed by atoms with Crippen LogP contribution in [0.25, 0.3) is 17.1 Å². The molecule has 10 heteroatoms. The predicted octanol–water partition coefficient (Wildman–Crippen LogP) is 6.60. The molecule has 0 fully saturated rings. The fourth-order valence-corrected chi connectivity index (χ4v) is 5.06. The van der Waals surface area contributed by atoms with E-state index in [-0.39, 0.29) is 22.3 Å². The summed E-state index contributed by atoms with van der Waals surface area (Å²) in [5.41, 5.74) is 3.74. The quantitative estimate of drug-likeness (QED) is 0.185. The first kappa shape index (κ1) is 24.9. The maximum absolute atomic E-state index is 13.1. The monoisotopic (exact) mass is 516 g/mol. The highest BCUT2D eigenvalue weighted by molar-refractivity contribution is 7.99. The number of hydrogen-bond acceptors (Lipinski definition) is 5. The van der Waals surface area contributed by atoms with Crippen molar-refractivity contribution >= 4 is 29.1 Å². The van der Waals surface area contributed by atoms with Crippen molar-refractivity contribution in [3.8, 4) is 22.8 Å². The first-order valence-electron chi connectivity index (χ1n) is 10.9. The molecule has 6 nitrogen and oxygen atoms in total. The lowest BCUT2D eigenvalue weighted by Gasteiger charge is -2.13. The van der Waals surface area contributed by atoms with Crippen LogP contribution in [0.3, 0.4) is 0 Å². The van der Waals surface area contributed by atoms with Crippen LogP contribution >= 0.6 is 23.4 Å². The summed E-state index contributed by atoms with van der Waals surface area (Å²) >= 11 is 7.47. The lowest BCUT2D eigenvalue weighted by Crippen LogP contribution is -2.07. The normalized spacial score (nSPS) is 11.3. The number of alkyl halides is 2. The summed E-state index contributed by atoms with van der Waals surface area (Å²) in [6.07, 6.45) is 0. The molecule has 0 saturated heterocycles. The molecule has 0 saturated carbocycles. The summed E-state index contributed by atoms with van der Waals surface area (Å²) in [4.78, 5) is 13.1. The number of nitrogens with zero attached hydrogens (tertiary/aromatic N) is 4. The van der Waals surface area contributed by atoms with Gasteiger partial charge in [0, 0.05) is 34.7 Å². The molecule has 2 aromatic heterocycles. The number of halogens is 3. The SMILES string of the molecule is CCn1c(SCC(=O)c2cc(C)n(-c3ccc(OC(F)F)c(Cl)c3)c2C)nnc1-c1ccccc1. The number of carbonyl (C=O) groups is 1. The Hall–Kier alpha value is -3.17. The van der Waals surface area contributed by atoms with Gasteiger partial charge in [0.15, 0.2) is 16.8 Å². The smallest absolute Gasteiger partial charge is 0.387 e. The summed E-state index contributed by atoms with van der Waals surface area (Å²) in [6.45, 7) is 3.43. The van der Waals surface area contributed by atoms with E-state index < -0.39 is 6.61 Å². The van der Waals surface area contributed by atoms with Crippen LogP contribution in [0, 0.1) is 13.8 Å². The molecule has 0 aliphatic heterocycles. The van der Waals surface area contributed by atoms with Gasteiger partial charge in [0.2, 0.25) is 0 Å². The molecule has 182 valence electrons. The molecule has 0 bridgehead atoms. The Morgan fingerprint density at radius 2 is 1.86 bits per heavy atom. The number of carbonyl (C=O) groups excluding carboxylic acids is 1. The highest BCUT2D eigenvalue weighted by Crippen LogP contribution is 2.31. The van der Waals surface area contributed by atoms with Gasteiger partial charge < -0.3 is 13.9 Å². The molecule has 0 aliphatic rings. The van der Waals surface area contributed by atoms with Crippen molar-refractivity contribution in [1.29, 1.82) is 0 Å². The minimum Gasteiger partial charge on any atom is -0.433 e. The van der Waals surface area contributed by atoms with Crippen molar-refractivity contribution in [2.24, 2.45) is 0 Å². The predicted molar refractivity (Wildman–Crippen MR) is 133 cm³/mol.